The summed E-state index contributed by atoms with van der Waals surface area (Å²) in [5.41, 5.74) is 1.56. The van der Waals surface area contributed by atoms with E-state index >= 15 is 0 Å². The van der Waals surface area contributed by atoms with Gasteiger partial charge in [-0.2, -0.15) is 0 Å². The first-order valence-corrected chi connectivity index (χ1v) is 8.17. The summed E-state index contributed by atoms with van der Waals surface area (Å²) in [5.74, 6) is -1.77. The minimum Gasteiger partial charge on any atom is -0.467 e. The summed E-state index contributed by atoms with van der Waals surface area (Å²) in [6.07, 6.45) is 2.73. The molecule has 0 aromatic heterocycles. The fourth-order valence-corrected chi connectivity index (χ4v) is 2.29. The molecule has 0 aliphatic rings. The molecule has 0 spiro atoms. The first kappa shape index (κ1) is 23.4. The fourth-order valence-electron chi connectivity index (χ4n) is 2.29. The van der Waals surface area contributed by atoms with E-state index in [2.05, 4.69) is 26.7 Å². The molecule has 2 atom stereocenters. The first-order valence-electron chi connectivity index (χ1n) is 8.17. The van der Waals surface area contributed by atoms with Gasteiger partial charge >= 0.3 is 11.9 Å². The lowest BCUT2D eigenvalue weighted by Gasteiger charge is -2.18. The van der Waals surface area contributed by atoms with Gasteiger partial charge in [0.25, 0.3) is 0 Å². The molecule has 0 saturated heterocycles. The van der Waals surface area contributed by atoms with Crippen molar-refractivity contribution in [3.8, 4) is 0 Å². The molecule has 0 fully saturated rings. The Morgan fingerprint density at radius 2 is 1.38 bits per heavy atom. The lowest BCUT2D eigenvalue weighted by atomic mass is 9.98. The number of hydrogen-bond donors (Lipinski definition) is 2. The van der Waals surface area contributed by atoms with E-state index in [0.29, 0.717) is 12.8 Å². The summed E-state index contributed by atoms with van der Waals surface area (Å²) >= 11 is 0. The maximum atomic E-state index is 11.8. The van der Waals surface area contributed by atoms with Crippen molar-refractivity contribution < 1.29 is 28.7 Å². The molecule has 8 heteroatoms. The number of methoxy groups -OCH3 is 2. The van der Waals surface area contributed by atoms with Crippen molar-refractivity contribution in [1.29, 1.82) is 0 Å². The molecule has 0 bridgehead atoms. The van der Waals surface area contributed by atoms with E-state index in [0.717, 1.165) is 11.1 Å². The molecule has 0 saturated carbocycles. The van der Waals surface area contributed by atoms with E-state index < -0.39 is 24.0 Å². The lowest BCUT2D eigenvalue weighted by molar-refractivity contribution is -0.145. The second-order valence-electron chi connectivity index (χ2n) is 5.84. The highest BCUT2D eigenvalue weighted by Gasteiger charge is 2.22. The summed E-state index contributed by atoms with van der Waals surface area (Å²) in [5, 5.41) is 5.07. The summed E-state index contributed by atoms with van der Waals surface area (Å²) in [6.45, 7) is 8.31. The number of carbonyl (C=O) groups is 4. The maximum Gasteiger partial charge on any atom is 0.328 e. The molecule has 0 aliphatic heterocycles. The Balaban J connectivity index is 5.14. The molecular weight excluding hydrogens is 340 g/mol. The second kappa shape index (κ2) is 11.8. The van der Waals surface area contributed by atoms with Gasteiger partial charge in [-0.15, -0.1) is 0 Å². The Morgan fingerprint density at radius 3 is 1.81 bits per heavy atom. The van der Waals surface area contributed by atoms with Crippen LogP contribution >= 0.6 is 0 Å². The number of allylic oxidation sites excluding steroid dienone is 2. The van der Waals surface area contributed by atoms with E-state index in [4.69, 9.17) is 0 Å². The first-order chi connectivity index (χ1) is 12.1. The summed E-state index contributed by atoms with van der Waals surface area (Å²) in [4.78, 5) is 46.0. The summed E-state index contributed by atoms with van der Waals surface area (Å²) < 4.78 is 9.37. The smallest absolute Gasteiger partial charge is 0.328 e. The number of nitrogens with one attached hydrogen (secondary N) is 2. The van der Waals surface area contributed by atoms with E-state index in [-0.39, 0.29) is 18.2 Å². The monoisotopic (exact) mass is 368 g/mol. The summed E-state index contributed by atoms with van der Waals surface area (Å²) in [6, 6.07) is -1.58. The van der Waals surface area contributed by atoms with Gasteiger partial charge in [0.2, 0.25) is 11.8 Å². The van der Waals surface area contributed by atoms with Gasteiger partial charge in [0.05, 0.1) is 14.2 Å². The highest BCUT2D eigenvalue weighted by atomic mass is 16.5. The third-order valence-corrected chi connectivity index (χ3v) is 3.58. The standard InChI is InChI=1S/C18H28N2O6/c1-11(2)14(7-9-15(17(23)25-5)19-12(3)21)8-10-16(18(24)26-6)20-13(4)22/h7,15-16H,1,8-10H2,2-6H3,(H,19,21)(H,20,22)/t15-,16?/m0/s1. The van der Waals surface area contributed by atoms with Gasteiger partial charge in [-0.25, -0.2) is 9.59 Å². The predicted octanol–water partition coefficient (Wildman–Crippen LogP) is 1.01. The molecule has 1 unspecified atom stereocenters. The minimum absolute atomic E-state index is 0.220. The van der Waals surface area contributed by atoms with Crippen LogP contribution in [0.5, 0.6) is 0 Å². The molecule has 146 valence electrons. The maximum absolute atomic E-state index is 11.8. The quantitative estimate of drug-likeness (QED) is 0.440. The van der Waals surface area contributed by atoms with Gasteiger partial charge < -0.3 is 20.1 Å². The molecule has 8 nitrogen and oxygen atoms in total. The predicted molar refractivity (Wildman–Crippen MR) is 96.0 cm³/mol. The number of carbonyl (C=O) groups excluding carboxylic acids is 4. The van der Waals surface area contributed by atoms with Crippen LogP contribution in [0.4, 0.5) is 0 Å². The van der Waals surface area contributed by atoms with Crippen molar-refractivity contribution in [3.05, 3.63) is 23.8 Å². The normalized spacial score (nSPS) is 13.2. The van der Waals surface area contributed by atoms with Crippen molar-refractivity contribution in [1.82, 2.24) is 10.6 Å². The van der Waals surface area contributed by atoms with Crippen molar-refractivity contribution in [2.75, 3.05) is 14.2 Å². The molecule has 0 aromatic carbocycles. The minimum atomic E-state index is -0.807. The molecule has 2 N–H and O–H groups in total. The van der Waals surface area contributed by atoms with Crippen LogP contribution in [-0.2, 0) is 28.7 Å². The number of amides is 2. The van der Waals surface area contributed by atoms with Crippen molar-refractivity contribution in [2.24, 2.45) is 0 Å². The van der Waals surface area contributed by atoms with Crippen LogP contribution in [0.1, 0.15) is 40.0 Å². The number of ether oxygens (including phenoxy) is 2. The van der Waals surface area contributed by atoms with Crippen molar-refractivity contribution in [2.45, 2.75) is 52.1 Å². The van der Waals surface area contributed by atoms with Crippen LogP contribution in [0.15, 0.2) is 23.8 Å². The highest BCUT2D eigenvalue weighted by Crippen LogP contribution is 2.18. The molecule has 26 heavy (non-hydrogen) atoms. The van der Waals surface area contributed by atoms with Crippen LogP contribution < -0.4 is 10.6 Å². The fraction of sp³-hybridized carbons (Fsp3) is 0.556. The Kier molecular flexibility index (Phi) is 10.6. The average molecular weight is 368 g/mol. The van der Waals surface area contributed by atoms with Gasteiger partial charge in [0.1, 0.15) is 12.1 Å². The number of rotatable bonds is 10. The van der Waals surface area contributed by atoms with E-state index in [1.54, 1.807) is 13.0 Å². The third kappa shape index (κ3) is 9.00. The zero-order chi connectivity index (χ0) is 20.3. The van der Waals surface area contributed by atoms with Gasteiger partial charge in [-0.3, -0.25) is 9.59 Å². The van der Waals surface area contributed by atoms with Crippen LogP contribution in [0.2, 0.25) is 0 Å². The largest absolute Gasteiger partial charge is 0.467 e. The van der Waals surface area contributed by atoms with Crippen molar-refractivity contribution in [3.63, 3.8) is 0 Å². The zero-order valence-electron chi connectivity index (χ0n) is 16.0. The third-order valence-electron chi connectivity index (χ3n) is 3.58. The highest BCUT2D eigenvalue weighted by molar-refractivity contribution is 5.83. The molecule has 2 amide bonds. The Morgan fingerprint density at radius 1 is 0.923 bits per heavy atom. The van der Waals surface area contributed by atoms with E-state index in [1.807, 2.05) is 0 Å². The summed E-state index contributed by atoms with van der Waals surface area (Å²) in [7, 11) is 2.50. The number of esters is 2. The van der Waals surface area contributed by atoms with Crippen LogP contribution in [0, 0.1) is 0 Å². The molecule has 0 rings (SSSR count). The Labute approximate surface area is 154 Å². The zero-order valence-corrected chi connectivity index (χ0v) is 16.0. The van der Waals surface area contributed by atoms with Gasteiger partial charge in [0, 0.05) is 13.8 Å². The molecule has 0 aliphatic carbocycles. The molecule has 0 radical (unpaired) electrons. The SMILES string of the molecule is C=C(C)C(=CC[C@H](NC(C)=O)C(=O)OC)CCC(NC(C)=O)C(=O)OC. The van der Waals surface area contributed by atoms with Crippen LogP contribution in [0.3, 0.4) is 0 Å². The van der Waals surface area contributed by atoms with Crippen molar-refractivity contribution >= 4 is 23.8 Å². The van der Waals surface area contributed by atoms with Gasteiger partial charge in [-0.1, -0.05) is 18.2 Å². The Bertz CT molecular complexity index is 582. The van der Waals surface area contributed by atoms with Crippen LogP contribution in [0.25, 0.3) is 0 Å². The molecule has 0 aromatic rings. The Hall–Kier alpha value is -2.64. The van der Waals surface area contributed by atoms with E-state index in [1.165, 1.54) is 28.1 Å². The molecule has 0 heterocycles. The van der Waals surface area contributed by atoms with Crippen LogP contribution in [-0.4, -0.2) is 50.1 Å². The lowest BCUT2D eigenvalue weighted by Crippen LogP contribution is -2.40. The topological polar surface area (TPSA) is 111 Å². The molecular formula is C18H28N2O6. The van der Waals surface area contributed by atoms with E-state index in [9.17, 15) is 19.2 Å². The van der Waals surface area contributed by atoms with Gasteiger partial charge in [-0.05, 0) is 31.8 Å². The number of hydrogen-bond acceptors (Lipinski definition) is 6. The average Bonchev–Trinajstić information content (AvgIpc) is 2.56. The second-order valence-corrected chi connectivity index (χ2v) is 5.84. The van der Waals surface area contributed by atoms with Gasteiger partial charge in [0.15, 0.2) is 0 Å².